The standard InChI is InChI=1S/C24H21N5OS/c1-15-9-10-19-21(16(15)2)27-24(31-19)29(14-18-7-6-11-25-13-18)23(30)22-17(3)26-20-8-4-5-12-28(20)22/h4-13H,14H2,1-3H3. The maximum atomic E-state index is 13.9. The highest BCUT2D eigenvalue weighted by Gasteiger charge is 2.27. The lowest BCUT2D eigenvalue weighted by atomic mass is 10.1. The maximum Gasteiger partial charge on any atom is 0.279 e. The van der Waals surface area contributed by atoms with Gasteiger partial charge in [0.2, 0.25) is 0 Å². The zero-order valence-corrected chi connectivity index (χ0v) is 18.3. The number of aromatic nitrogens is 4. The predicted octanol–water partition coefficient (Wildman–Crippen LogP) is 5.11. The number of imidazole rings is 1. The van der Waals surface area contributed by atoms with Crippen molar-refractivity contribution >= 4 is 38.2 Å². The molecule has 0 N–H and O–H groups in total. The average molecular weight is 428 g/mol. The van der Waals surface area contributed by atoms with E-state index in [9.17, 15) is 4.79 Å². The van der Waals surface area contributed by atoms with E-state index in [1.807, 2.05) is 47.9 Å². The van der Waals surface area contributed by atoms with Crippen molar-refractivity contribution in [2.45, 2.75) is 27.3 Å². The van der Waals surface area contributed by atoms with Crippen LogP contribution in [0.1, 0.15) is 32.9 Å². The van der Waals surface area contributed by atoms with Crippen molar-refractivity contribution in [1.29, 1.82) is 0 Å². The van der Waals surface area contributed by atoms with Crippen LogP contribution in [0.15, 0.2) is 61.1 Å². The molecule has 0 unspecified atom stereocenters. The molecular weight excluding hydrogens is 406 g/mol. The van der Waals surface area contributed by atoms with Gasteiger partial charge < -0.3 is 0 Å². The highest BCUT2D eigenvalue weighted by atomic mass is 32.1. The molecule has 5 aromatic rings. The molecule has 1 aromatic carbocycles. The number of aryl methyl sites for hydroxylation is 3. The Labute approximate surface area is 183 Å². The van der Waals surface area contributed by atoms with Crippen molar-refractivity contribution in [3.63, 3.8) is 0 Å². The number of thiazole rings is 1. The number of hydrogen-bond acceptors (Lipinski definition) is 5. The number of fused-ring (bicyclic) bond motifs is 2. The van der Waals surface area contributed by atoms with E-state index in [1.54, 1.807) is 17.3 Å². The van der Waals surface area contributed by atoms with Crippen LogP contribution >= 0.6 is 11.3 Å². The summed E-state index contributed by atoms with van der Waals surface area (Å²) in [5.74, 6) is -0.131. The third kappa shape index (κ3) is 3.37. The molecular formula is C24H21N5OS. The number of amides is 1. The molecule has 31 heavy (non-hydrogen) atoms. The molecule has 0 aliphatic heterocycles. The van der Waals surface area contributed by atoms with E-state index in [0.717, 1.165) is 27.0 Å². The number of anilines is 1. The number of carbonyl (C=O) groups excluding carboxylic acids is 1. The summed E-state index contributed by atoms with van der Waals surface area (Å²) < 4.78 is 2.91. The Balaban J connectivity index is 1.66. The Kier molecular flexibility index (Phi) is 4.75. The number of pyridine rings is 2. The Hall–Kier alpha value is -3.58. The maximum absolute atomic E-state index is 13.9. The molecule has 154 valence electrons. The highest BCUT2D eigenvalue weighted by Crippen LogP contribution is 2.33. The van der Waals surface area contributed by atoms with Crippen molar-refractivity contribution in [3.05, 3.63) is 89.1 Å². The van der Waals surface area contributed by atoms with Gasteiger partial charge in [-0.1, -0.05) is 29.5 Å². The first-order chi connectivity index (χ1) is 15.0. The monoisotopic (exact) mass is 427 g/mol. The Morgan fingerprint density at radius 3 is 2.74 bits per heavy atom. The molecule has 0 bridgehead atoms. The molecule has 1 amide bonds. The zero-order chi connectivity index (χ0) is 21.5. The van der Waals surface area contributed by atoms with Crippen LogP contribution in [0.4, 0.5) is 5.13 Å². The van der Waals surface area contributed by atoms with Crippen molar-refractivity contribution in [3.8, 4) is 0 Å². The normalized spacial score (nSPS) is 11.3. The van der Waals surface area contributed by atoms with Gasteiger partial charge in [0.25, 0.3) is 5.91 Å². The molecule has 0 spiro atoms. The topological polar surface area (TPSA) is 63.4 Å². The van der Waals surface area contributed by atoms with Crippen LogP contribution < -0.4 is 4.90 Å². The summed E-state index contributed by atoms with van der Waals surface area (Å²) in [6.45, 7) is 6.40. The largest absolute Gasteiger partial charge is 0.295 e. The predicted molar refractivity (Wildman–Crippen MR) is 124 cm³/mol. The number of rotatable bonds is 4. The van der Waals surface area contributed by atoms with E-state index in [1.165, 1.54) is 16.9 Å². The first-order valence-corrected chi connectivity index (χ1v) is 10.9. The van der Waals surface area contributed by atoms with Crippen molar-refractivity contribution in [1.82, 2.24) is 19.4 Å². The Bertz CT molecular complexity index is 1420. The lowest BCUT2D eigenvalue weighted by Crippen LogP contribution is -2.31. The van der Waals surface area contributed by atoms with E-state index in [2.05, 4.69) is 35.9 Å². The van der Waals surface area contributed by atoms with E-state index >= 15 is 0 Å². The quantitative estimate of drug-likeness (QED) is 0.400. The van der Waals surface area contributed by atoms with Gasteiger partial charge in [0, 0.05) is 18.6 Å². The van der Waals surface area contributed by atoms with Gasteiger partial charge in [0.15, 0.2) is 5.13 Å². The number of hydrogen-bond donors (Lipinski definition) is 0. The smallest absolute Gasteiger partial charge is 0.279 e. The molecule has 6 nitrogen and oxygen atoms in total. The van der Waals surface area contributed by atoms with Gasteiger partial charge in [-0.05, 0) is 61.7 Å². The van der Waals surface area contributed by atoms with Crippen LogP contribution in [0.3, 0.4) is 0 Å². The third-order valence-electron chi connectivity index (χ3n) is 5.52. The van der Waals surface area contributed by atoms with Crippen LogP contribution in [-0.4, -0.2) is 25.3 Å². The summed E-state index contributed by atoms with van der Waals surface area (Å²) in [5, 5.41) is 0.669. The first-order valence-electron chi connectivity index (χ1n) is 10.0. The van der Waals surface area contributed by atoms with E-state index < -0.39 is 0 Å². The molecule has 0 saturated carbocycles. The minimum atomic E-state index is -0.131. The molecule has 0 atom stereocenters. The van der Waals surface area contributed by atoms with Gasteiger partial charge >= 0.3 is 0 Å². The second kappa shape index (κ2) is 7.59. The lowest BCUT2D eigenvalue weighted by Gasteiger charge is -2.20. The summed E-state index contributed by atoms with van der Waals surface area (Å²) in [4.78, 5) is 29.3. The molecule has 4 aromatic heterocycles. The van der Waals surface area contributed by atoms with Crippen molar-refractivity contribution in [2.24, 2.45) is 0 Å². The van der Waals surface area contributed by atoms with Gasteiger partial charge in [-0.2, -0.15) is 0 Å². The van der Waals surface area contributed by atoms with E-state index in [-0.39, 0.29) is 5.91 Å². The molecule has 0 aliphatic carbocycles. The van der Waals surface area contributed by atoms with Gasteiger partial charge in [-0.3, -0.25) is 19.1 Å². The molecule has 0 fully saturated rings. The Morgan fingerprint density at radius 2 is 1.94 bits per heavy atom. The summed E-state index contributed by atoms with van der Waals surface area (Å²) in [6, 6.07) is 13.7. The van der Waals surface area contributed by atoms with Gasteiger partial charge in [0.05, 0.1) is 22.5 Å². The number of nitrogens with zero attached hydrogens (tertiary/aromatic N) is 5. The second-order valence-electron chi connectivity index (χ2n) is 7.58. The van der Waals surface area contributed by atoms with E-state index in [0.29, 0.717) is 23.1 Å². The third-order valence-corrected chi connectivity index (χ3v) is 6.56. The fraction of sp³-hybridized carbons (Fsp3) is 0.167. The minimum absolute atomic E-state index is 0.131. The van der Waals surface area contributed by atoms with Gasteiger partial charge in [-0.25, -0.2) is 9.97 Å². The van der Waals surface area contributed by atoms with Gasteiger partial charge in [0.1, 0.15) is 11.3 Å². The minimum Gasteiger partial charge on any atom is -0.295 e. The molecule has 4 heterocycles. The van der Waals surface area contributed by atoms with Crippen molar-refractivity contribution < 1.29 is 4.79 Å². The average Bonchev–Trinajstić information content (AvgIpc) is 3.35. The second-order valence-corrected chi connectivity index (χ2v) is 8.59. The van der Waals surface area contributed by atoms with Crippen LogP contribution in [0.2, 0.25) is 0 Å². The van der Waals surface area contributed by atoms with Crippen LogP contribution in [0.25, 0.3) is 15.9 Å². The highest BCUT2D eigenvalue weighted by molar-refractivity contribution is 7.22. The first kappa shape index (κ1) is 19.4. The summed E-state index contributed by atoms with van der Waals surface area (Å²) in [5.41, 5.74) is 6.20. The SMILES string of the molecule is Cc1ccc2sc(N(Cc3cccnc3)C(=O)c3c(C)nc4ccccn34)nc2c1C. The zero-order valence-electron chi connectivity index (χ0n) is 17.5. The van der Waals surface area contributed by atoms with Gasteiger partial charge in [-0.15, -0.1) is 0 Å². The summed E-state index contributed by atoms with van der Waals surface area (Å²) in [7, 11) is 0. The summed E-state index contributed by atoms with van der Waals surface area (Å²) >= 11 is 1.53. The van der Waals surface area contributed by atoms with E-state index in [4.69, 9.17) is 4.98 Å². The fourth-order valence-electron chi connectivity index (χ4n) is 3.73. The van der Waals surface area contributed by atoms with Crippen molar-refractivity contribution in [2.75, 3.05) is 4.90 Å². The molecule has 0 aliphatic rings. The molecule has 0 radical (unpaired) electrons. The van der Waals surface area contributed by atoms with Crippen LogP contribution in [0.5, 0.6) is 0 Å². The fourth-order valence-corrected chi connectivity index (χ4v) is 4.75. The number of benzene rings is 1. The van der Waals surface area contributed by atoms with Crippen LogP contribution in [-0.2, 0) is 6.54 Å². The molecule has 0 saturated heterocycles. The lowest BCUT2D eigenvalue weighted by molar-refractivity contribution is 0.0979. The molecule has 5 rings (SSSR count). The summed E-state index contributed by atoms with van der Waals surface area (Å²) in [6.07, 6.45) is 5.38. The Morgan fingerprint density at radius 1 is 1.06 bits per heavy atom. The van der Waals surface area contributed by atoms with Crippen LogP contribution in [0, 0.1) is 20.8 Å². The molecule has 7 heteroatoms. The number of carbonyl (C=O) groups is 1.